The predicted octanol–water partition coefficient (Wildman–Crippen LogP) is 4.15. The molecule has 1 fully saturated rings. The molecule has 140 valence electrons. The van der Waals surface area contributed by atoms with Gasteiger partial charge in [0.1, 0.15) is 11.5 Å². The third kappa shape index (κ3) is 5.52. The van der Waals surface area contributed by atoms with Gasteiger partial charge < -0.3 is 19.5 Å². The van der Waals surface area contributed by atoms with Crippen molar-refractivity contribution in [3.8, 4) is 23.1 Å². The molecule has 0 saturated carbocycles. The Morgan fingerprint density at radius 1 is 1.15 bits per heavy atom. The highest BCUT2D eigenvalue weighted by Gasteiger charge is 2.31. The van der Waals surface area contributed by atoms with E-state index in [0.717, 1.165) is 32.0 Å². The zero-order valence-corrected chi connectivity index (χ0v) is 14.0. The molecule has 1 saturated heterocycles. The fourth-order valence-corrected chi connectivity index (χ4v) is 2.68. The fraction of sp³-hybridized carbons (Fsp3) is 0.389. The first kappa shape index (κ1) is 18.3. The highest BCUT2D eigenvalue weighted by atomic mass is 19.4. The number of nitrogens with zero attached hydrogens (tertiary/aromatic N) is 1. The number of alkyl halides is 3. The highest BCUT2D eigenvalue weighted by Crippen LogP contribution is 2.32. The first-order chi connectivity index (χ1) is 12.5. The maximum atomic E-state index is 12.3. The minimum atomic E-state index is -4.76. The number of benzene rings is 1. The third-order valence-electron chi connectivity index (χ3n) is 3.86. The van der Waals surface area contributed by atoms with E-state index in [9.17, 15) is 13.2 Å². The van der Waals surface area contributed by atoms with E-state index in [1.54, 1.807) is 12.1 Å². The van der Waals surface area contributed by atoms with Crippen molar-refractivity contribution in [2.24, 2.45) is 5.92 Å². The van der Waals surface area contributed by atoms with Crippen molar-refractivity contribution in [1.82, 2.24) is 10.3 Å². The molecule has 0 amide bonds. The molecule has 1 N–H and O–H groups in total. The lowest BCUT2D eigenvalue weighted by molar-refractivity contribution is -0.274. The Hall–Kier alpha value is -2.48. The lowest BCUT2D eigenvalue weighted by Gasteiger charge is -2.23. The summed E-state index contributed by atoms with van der Waals surface area (Å²) in [6, 6.07) is 8.71. The number of piperidine rings is 1. The molecule has 1 aromatic heterocycles. The Morgan fingerprint density at radius 2 is 2.00 bits per heavy atom. The topological polar surface area (TPSA) is 52.6 Å². The standard InChI is InChI=1S/C18H19F3N2O3/c19-18(20,21)26-15-6-1-5-14(10-15)25-17-16(7-3-9-23-17)24-12-13-4-2-8-22-11-13/h1,3,5-7,9-10,13,22H,2,4,8,11-12H2/t13-/m0/s1. The van der Waals surface area contributed by atoms with Crippen LogP contribution in [0.2, 0.25) is 0 Å². The van der Waals surface area contributed by atoms with Crippen molar-refractivity contribution in [3.05, 3.63) is 42.6 Å². The monoisotopic (exact) mass is 368 g/mol. The van der Waals surface area contributed by atoms with Gasteiger partial charge in [-0.15, -0.1) is 13.2 Å². The molecule has 1 aromatic carbocycles. The molecule has 0 aliphatic carbocycles. The molecular formula is C18H19F3N2O3. The van der Waals surface area contributed by atoms with E-state index in [4.69, 9.17) is 9.47 Å². The molecule has 5 nitrogen and oxygen atoms in total. The van der Waals surface area contributed by atoms with E-state index in [2.05, 4.69) is 15.0 Å². The lowest BCUT2D eigenvalue weighted by atomic mass is 10.0. The van der Waals surface area contributed by atoms with Crippen LogP contribution in [0.4, 0.5) is 13.2 Å². The number of hydrogen-bond donors (Lipinski definition) is 1. The highest BCUT2D eigenvalue weighted by molar-refractivity contribution is 5.39. The zero-order valence-electron chi connectivity index (χ0n) is 14.0. The molecule has 0 bridgehead atoms. The number of pyridine rings is 1. The van der Waals surface area contributed by atoms with Crippen LogP contribution < -0.4 is 19.5 Å². The summed E-state index contributed by atoms with van der Waals surface area (Å²) in [5, 5.41) is 3.32. The molecule has 2 heterocycles. The van der Waals surface area contributed by atoms with E-state index < -0.39 is 6.36 Å². The van der Waals surface area contributed by atoms with Gasteiger partial charge in [0.2, 0.25) is 0 Å². The van der Waals surface area contributed by atoms with Gasteiger partial charge in [0.05, 0.1) is 6.61 Å². The number of aromatic nitrogens is 1. The van der Waals surface area contributed by atoms with Crippen molar-refractivity contribution >= 4 is 0 Å². The second-order valence-electron chi connectivity index (χ2n) is 5.95. The molecule has 26 heavy (non-hydrogen) atoms. The van der Waals surface area contributed by atoms with Crippen LogP contribution in [0.15, 0.2) is 42.6 Å². The molecule has 0 radical (unpaired) electrons. The van der Waals surface area contributed by atoms with E-state index in [1.165, 1.54) is 24.4 Å². The Morgan fingerprint density at radius 3 is 2.77 bits per heavy atom. The molecule has 2 aromatic rings. The summed E-state index contributed by atoms with van der Waals surface area (Å²) < 4.78 is 52.3. The Kier molecular flexibility index (Phi) is 5.82. The van der Waals surface area contributed by atoms with Crippen LogP contribution in [-0.2, 0) is 0 Å². The van der Waals surface area contributed by atoms with Gasteiger partial charge in [0.25, 0.3) is 5.88 Å². The van der Waals surface area contributed by atoms with Gasteiger partial charge in [-0.2, -0.15) is 0 Å². The van der Waals surface area contributed by atoms with Crippen LogP contribution in [-0.4, -0.2) is 31.0 Å². The van der Waals surface area contributed by atoms with Crippen molar-refractivity contribution in [2.45, 2.75) is 19.2 Å². The quantitative estimate of drug-likeness (QED) is 0.830. The van der Waals surface area contributed by atoms with Crippen molar-refractivity contribution in [1.29, 1.82) is 0 Å². The smallest absolute Gasteiger partial charge is 0.488 e. The molecule has 3 rings (SSSR count). The average molecular weight is 368 g/mol. The number of ether oxygens (including phenoxy) is 3. The van der Waals surface area contributed by atoms with E-state index in [1.807, 2.05) is 0 Å². The number of halogens is 3. The minimum absolute atomic E-state index is 0.176. The van der Waals surface area contributed by atoms with Gasteiger partial charge >= 0.3 is 6.36 Å². The SMILES string of the molecule is FC(F)(F)Oc1cccc(Oc2ncccc2OC[C@H]2CCCNC2)c1. The Balaban J connectivity index is 1.67. The van der Waals surface area contributed by atoms with Crippen molar-refractivity contribution in [3.63, 3.8) is 0 Å². The van der Waals surface area contributed by atoms with Crippen LogP contribution in [0.25, 0.3) is 0 Å². The summed E-state index contributed by atoms with van der Waals surface area (Å²) in [5.74, 6) is 0.859. The maximum Gasteiger partial charge on any atom is 0.573 e. The summed E-state index contributed by atoms with van der Waals surface area (Å²) >= 11 is 0. The normalized spacial score (nSPS) is 17.6. The van der Waals surface area contributed by atoms with Crippen LogP contribution in [0.3, 0.4) is 0 Å². The minimum Gasteiger partial charge on any atom is -0.488 e. The predicted molar refractivity (Wildman–Crippen MR) is 88.5 cm³/mol. The summed E-state index contributed by atoms with van der Waals surface area (Å²) in [6.45, 7) is 2.44. The first-order valence-corrected chi connectivity index (χ1v) is 8.32. The average Bonchev–Trinajstić information content (AvgIpc) is 2.61. The number of rotatable bonds is 6. The van der Waals surface area contributed by atoms with E-state index in [-0.39, 0.29) is 17.4 Å². The van der Waals surface area contributed by atoms with Gasteiger partial charge in [-0.1, -0.05) is 6.07 Å². The molecule has 1 aliphatic heterocycles. The fourth-order valence-electron chi connectivity index (χ4n) is 2.68. The molecule has 0 unspecified atom stereocenters. The second kappa shape index (κ2) is 8.27. The summed E-state index contributed by atoms with van der Waals surface area (Å²) in [4.78, 5) is 4.12. The van der Waals surface area contributed by atoms with Gasteiger partial charge in [0.15, 0.2) is 5.75 Å². The summed E-state index contributed by atoms with van der Waals surface area (Å²) in [6.07, 6.45) is -1.04. The maximum absolute atomic E-state index is 12.3. The van der Waals surface area contributed by atoms with Gasteiger partial charge in [-0.25, -0.2) is 4.98 Å². The third-order valence-corrected chi connectivity index (χ3v) is 3.86. The lowest BCUT2D eigenvalue weighted by Crippen LogP contribution is -2.33. The molecule has 8 heteroatoms. The van der Waals surface area contributed by atoms with E-state index in [0.29, 0.717) is 18.3 Å². The largest absolute Gasteiger partial charge is 0.573 e. The zero-order chi connectivity index (χ0) is 18.4. The second-order valence-corrected chi connectivity index (χ2v) is 5.95. The van der Waals surface area contributed by atoms with Crippen LogP contribution in [0.5, 0.6) is 23.1 Å². The molecule has 1 atom stereocenters. The molecular weight excluding hydrogens is 349 g/mol. The number of nitrogens with one attached hydrogen (secondary N) is 1. The van der Waals surface area contributed by atoms with Gasteiger partial charge in [-0.3, -0.25) is 0 Å². The summed E-state index contributed by atoms with van der Waals surface area (Å²) in [7, 11) is 0. The molecule has 0 spiro atoms. The first-order valence-electron chi connectivity index (χ1n) is 8.32. The Labute approximate surface area is 149 Å². The van der Waals surface area contributed by atoms with Crippen LogP contribution in [0, 0.1) is 5.92 Å². The van der Waals surface area contributed by atoms with Crippen molar-refractivity contribution < 1.29 is 27.4 Å². The van der Waals surface area contributed by atoms with Crippen LogP contribution in [0.1, 0.15) is 12.8 Å². The van der Waals surface area contributed by atoms with Gasteiger partial charge in [0, 0.05) is 24.7 Å². The van der Waals surface area contributed by atoms with E-state index >= 15 is 0 Å². The van der Waals surface area contributed by atoms with Gasteiger partial charge in [-0.05, 0) is 43.7 Å². The molecule has 1 aliphatic rings. The Bertz CT molecular complexity index is 719. The van der Waals surface area contributed by atoms with Crippen molar-refractivity contribution in [2.75, 3.05) is 19.7 Å². The summed E-state index contributed by atoms with van der Waals surface area (Å²) in [5.41, 5.74) is 0. The number of hydrogen-bond acceptors (Lipinski definition) is 5. The van der Waals surface area contributed by atoms with Crippen LogP contribution >= 0.6 is 0 Å².